The van der Waals surface area contributed by atoms with E-state index >= 15 is 0 Å². The standard InChI is InChI=1S/C13H17N2O4P/c14-11(20(18)19)7-3-4-8-15-12(16)9-5-1-2-6-10(9)13(15)17/h1-2,5-6,11,18-19H,3-4,7-8,14H2/t11-/m1/s1. The third-order valence-electron chi connectivity index (χ3n) is 3.31. The molecule has 0 saturated carbocycles. The van der Waals surface area contributed by atoms with Crippen LogP contribution in [0.15, 0.2) is 24.3 Å². The first kappa shape index (κ1) is 15.1. The Labute approximate surface area is 118 Å². The van der Waals surface area contributed by atoms with Gasteiger partial charge in [0.1, 0.15) is 0 Å². The summed E-state index contributed by atoms with van der Waals surface area (Å²) in [5.41, 5.74) is 6.41. The largest absolute Gasteiger partial charge is 0.349 e. The zero-order chi connectivity index (χ0) is 14.7. The predicted molar refractivity (Wildman–Crippen MR) is 75.0 cm³/mol. The topological polar surface area (TPSA) is 104 Å². The fourth-order valence-electron chi connectivity index (χ4n) is 2.18. The van der Waals surface area contributed by atoms with Crippen LogP contribution < -0.4 is 5.73 Å². The number of amides is 2. The molecule has 0 aromatic heterocycles. The number of nitrogens with zero attached hydrogens (tertiary/aromatic N) is 1. The Bertz CT molecular complexity index is 486. The van der Waals surface area contributed by atoms with Crippen LogP contribution in [0.1, 0.15) is 40.0 Å². The lowest BCUT2D eigenvalue weighted by Crippen LogP contribution is -2.31. The second kappa shape index (κ2) is 6.41. The molecule has 1 heterocycles. The van der Waals surface area contributed by atoms with Crippen molar-refractivity contribution in [2.24, 2.45) is 5.73 Å². The fraction of sp³-hybridized carbons (Fsp3) is 0.385. The van der Waals surface area contributed by atoms with Gasteiger partial charge in [-0.25, -0.2) is 0 Å². The molecule has 6 nitrogen and oxygen atoms in total. The van der Waals surface area contributed by atoms with Gasteiger partial charge in [-0.2, -0.15) is 0 Å². The summed E-state index contributed by atoms with van der Waals surface area (Å²) in [5, 5.41) is 0. The normalized spacial score (nSPS) is 15.9. The highest BCUT2D eigenvalue weighted by molar-refractivity contribution is 7.45. The molecule has 1 aromatic rings. The molecule has 7 heteroatoms. The molecule has 2 amide bonds. The van der Waals surface area contributed by atoms with Gasteiger partial charge in [0.25, 0.3) is 11.8 Å². The molecule has 0 spiro atoms. The molecule has 0 saturated heterocycles. The lowest BCUT2D eigenvalue weighted by atomic mass is 10.1. The number of hydrogen-bond donors (Lipinski definition) is 3. The van der Waals surface area contributed by atoms with Gasteiger partial charge in [0.15, 0.2) is 8.38 Å². The monoisotopic (exact) mass is 296 g/mol. The van der Waals surface area contributed by atoms with Crippen molar-refractivity contribution >= 4 is 20.2 Å². The average molecular weight is 296 g/mol. The van der Waals surface area contributed by atoms with Gasteiger partial charge in [-0.15, -0.1) is 0 Å². The molecular weight excluding hydrogens is 279 g/mol. The summed E-state index contributed by atoms with van der Waals surface area (Å²) in [7, 11) is -2.11. The number of benzene rings is 1. The molecule has 1 aliphatic rings. The minimum Gasteiger partial charge on any atom is -0.349 e. The Morgan fingerprint density at radius 3 is 2.15 bits per heavy atom. The summed E-state index contributed by atoms with van der Waals surface area (Å²) < 4.78 is 0. The quantitative estimate of drug-likeness (QED) is 0.413. The Hall–Kier alpha value is -1.33. The fourth-order valence-corrected chi connectivity index (χ4v) is 2.59. The predicted octanol–water partition coefficient (Wildman–Crippen LogP) is 1.03. The summed E-state index contributed by atoms with van der Waals surface area (Å²) >= 11 is 0. The molecule has 20 heavy (non-hydrogen) atoms. The van der Waals surface area contributed by atoms with Crippen LogP contribution in [0.3, 0.4) is 0 Å². The molecule has 0 bridgehead atoms. The van der Waals surface area contributed by atoms with Gasteiger partial charge in [0, 0.05) is 6.54 Å². The summed E-state index contributed by atoms with van der Waals surface area (Å²) in [6.07, 6.45) is 1.69. The summed E-state index contributed by atoms with van der Waals surface area (Å²) in [5.74, 6) is -1.16. The third kappa shape index (κ3) is 3.04. The lowest BCUT2D eigenvalue weighted by molar-refractivity contribution is 0.0651. The van der Waals surface area contributed by atoms with Gasteiger partial charge >= 0.3 is 0 Å². The van der Waals surface area contributed by atoms with Crippen molar-refractivity contribution in [3.63, 3.8) is 0 Å². The van der Waals surface area contributed by atoms with Crippen LogP contribution in [0.25, 0.3) is 0 Å². The van der Waals surface area contributed by atoms with Crippen LogP contribution >= 0.6 is 8.38 Å². The summed E-state index contributed by atoms with van der Waals surface area (Å²) in [6.45, 7) is 0.327. The van der Waals surface area contributed by atoms with Gasteiger partial charge in [-0.3, -0.25) is 14.5 Å². The van der Waals surface area contributed by atoms with E-state index in [1.807, 2.05) is 0 Å². The van der Waals surface area contributed by atoms with Gasteiger partial charge in [0.05, 0.1) is 16.9 Å². The average Bonchev–Trinajstić information content (AvgIpc) is 2.68. The Morgan fingerprint density at radius 2 is 1.65 bits per heavy atom. The van der Waals surface area contributed by atoms with Crippen molar-refractivity contribution in [3.8, 4) is 0 Å². The van der Waals surface area contributed by atoms with E-state index in [2.05, 4.69) is 0 Å². The first-order valence-corrected chi connectivity index (χ1v) is 7.72. The maximum atomic E-state index is 12.0. The van der Waals surface area contributed by atoms with E-state index in [1.165, 1.54) is 4.90 Å². The lowest BCUT2D eigenvalue weighted by Gasteiger charge is -2.15. The highest BCUT2D eigenvalue weighted by Gasteiger charge is 2.34. The third-order valence-corrected chi connectivity index (χ3v) is 4.16. The van der Waals surface area contributed by atoms with E-state index in [-0.39, 0.29) is 11.8 Å². The molecule has 1 aromatic carbocycles. The SMILES string of the molecule is N[C@@H](CCCCN1C(=O)c2ccccc2C1=O)P(O)O. The van der Waals surface area contributed by atoms with E-state index in [0.29, 0.717) is 36.9 Å². The highest BCUT2D eigenvalue weighted by Crippen LogP contribution is 2.30. The van der Waals surface area contributed by atoms with Crippen molar-refractivity contribution in [1.29, 1.82) is 0 Å². The van der Waals surface area contributed by atoms with E-state index in [9.17, 15) is 9.59 Å². The van der Waals surface area contributed by atoms with Crippen LogP contribution in [-0.4, -0.2) is 38.8 Å². The molecular formula is C13H17N2O4P. The van der Waals surface area contributed by atoms with Crippen molar-refractivity contribution < 1.29 is 19.4 Å². The first-order valence-electron chi connectivity index (χ1n) is 6.40. The maximum absolute atomic E-state index is 12.0. The Morgan fingerprint density at radius 1 is 1.10 bits per heavy atom. The molecule has 0 fully saturated rings. The van der Waals surface area contributed by atoms with E-state index in [1.54, 1.807) is 24.3 Å². The van der Waals surface area contributed by atoms with Gasteiger partial charge in [-0.05, 0) is 31.4 Å². The van der Waals surface area contributed by atoms with Gasteiger partial charge in [0.2, 0.25) is 0 Å². The minimum absolute atomic E-state index is 0.263. The van der Waals surface area contributed by atoms with E-state index in [4.69, 9.17) is 15.5 Å². The maximum Gasteiger partial charge on any atom is 0.261 e. The van der Waals surface area contributed by atoms with Crippen LogP contribution in [0.4, 0.5) is 0 Å². The molecule has 1 atom stereocenters. The molecule has 0 unspecified atom stereocenters. The highest BCUT2D eigenvalue weighted by atomic mass is 31.2. The number of carbonyl (C=O) groups is 2. The van der Waals surface area contributed by atoms with Crippen LogP contribution in [0.2, 0.25) is 0 Å². The number of nitrogens with two attached hydrogens (primary N) is 1. The zero-order valence-corrected chi connectivity index (χ0v) is 11.8. The van der Waals surface area contributed by atoms with Crippen molar-refractivity contribution in [3.05, 3.63) is 35.4 Å². The minimum atomic E-state index is -2.11. The molecule has 2 rings (SSSR count). The van der Waals surface area contributed by atoms with Gasteiger partial charge in [-0.1, -0.05) is 12.1 Å². The van der Waals surface area contributed by atoms with E-state index < -0.39 is 14.2 Å². The number of hydrogen-bond acceptors (Lipinski definition) is 5. The van der Waals surface area contributed by atoms with Crippen LogP contribution in [-0.2, 0) is 0 Å². The van der Waals surface area contributed by atoms with Crippen molar-refractivity contribution in [2.45, 2.75) is 25.0 Å². The summed E-state index contributed by atoms with van der Waals surface area (Å²) in [4.78, 5) is 43.1. The Balaban J connectivity index is 1.87. The van der Waals surface area contributed by atoms with Crippen LogP contribution in [0.5, 0.6) is 0 Å². The number of carbonyl (C=O) groups excluding carboxylic acids is 2. The molecule has 1 aliphatic heterocycles. The number of unbranched alkanes of at least 4 members (excludes halogenated alkanes) is 1. The van der Waals surface area contributed by atoms with Gasteiger partial charge < -0.3 is 15.5 Å². The van der Waals surface area contributed by atoms with Crippen molar-refractivity contribution in [1.82, 2.24) is 4.90 Å². The summed E-state index contributed by atoms with van der Waals surface area (Å²) in [6, 6.07) is 6.76. The number of rotatable bonds is 6. The molecule has 0 aliphatic carbocycles. The van der Waals surface area contributed by atoms with E-state index in [0.717, 1.165) is 0 Å². The zero-order valence-electron chi connectivity index (χ0n) is 10.9. The van der Waals surface area contributed by atoms with Crippen molar-refractivity contribution in [2.75, 3.05) is 6.54 Å². The molecule has 0 radical (unpaired) electrons. The smallest absolute Gasteiger partial charge is 0.261 e. The number of imide groups is 1. The molecule has 108 valence electrons. The van der Waals surface area contributed by atoms with Crippen LogP contribution in [0, 0.1) is 0 Å². The number of fused-ring (bicyclic) bond motifs is 1. The molecule has 4 N–H and O–H groups in total. The Kier molecular flexibility index (Phi) is 4.83. The second-order valence-electron chi connectivity index (χ2n) is 4.69. The second-order valence-corrected chi connectivity index (χ2v) is 6.00. The first-order chi connectivity index (χ1) is 9.52.